The highest BCUT2D eigenvalue weighted by molar-refractivity contribution is 7.09. The standard InChI is InChI=1S/C11H17N3O4S/c1-2-7(9-12-4-6-19-9)13-11(18)14-8(3-5-15)10(16)17/h4,6-8,15H,2-3,5H2,1H3,(H,16,17)(H2,13,14,18)/t7?,8-/m1/s1. The molecule has 1 heterocycles. The second-order valence-corrected chi connectivity index (χ2v) is 4.78. The van der Waals surface area contributed by atoms with Gasteiger partial charge in [-0.1, -0.05) is 6.92 Å². The summed E-state index contributed by atoms with van der Waals surface area (Å²) in [5.41, 5.74) is 0. The van der Waals surface area contributed by atoms with Gasteiger partial charge in [-0.05, 0) is 6.42 Å². The van der Waals surface area contributed by atoms with Crippen molar-refractivity contribution in [2.45, 2.75) is 31.8 Å². The van der Waals surface area contributed by atoms with Crippen molar-refractivity contribution >= 4 is 23.3 Å². The second-order valence-electron chi connectivity index (χ2n) is 3.85. The fraction of sp³-hybridized carbons (Fsp3) is 0.545. The van der Waals surface area contributed by atoms with E-state index >= 15 is 0 Å². The van der Waals surface area contributed by atoms with Gasteiger partial charge in [0.05, 0.1) is 6.04 Å². The van der Waals surface area contributed by atoms with Crippen molar-refractivity contribution in [1.82, 2.24) is 15.6 Å². The number of carboxylic acid groups (broad SMARTS) is 1. The molecule has 1 aromatic heterocycles. The number of nitrogens with one attached hydrogen (secondary N) is 2. The zero-order valence-corrected chi connectivity index (χ0v) is 11.3. The summed E-state index contributed by atoms with van der Waals surface area (Å²) in [5, 5.41) is 25.2. The van der Waals surface area contributed by atoms with E-state index in [-0.39, 0.29) is 19.1 Å². The lowest BCUT2D eigenvalue weighted by molar-refractivity contribution is -0.139. The lowest BCUT2D eigenvalue weighted by atomic mass is 10.2. The van der Waals surface area contributed by atoms with Gasteiger partial charge in [-0.25, -0.2) is 14.6 Å². The van der Waals surface area contributed by atoms with Crippen LogP contribution in [0.25, 0.3) is 0 Å². The maximum atomic E-state index is 11.7. The van der Waals surface area contributed by atoms with Crippen LogP contribution in [0.1, 0.15) is 30.8 Å². The Kier molecular flexibility index (Phi) is 6.23. The van der Waals surface area contributed by atoms with Crippen LogP contribution >= 0.6 is 11.3 Å². The molecule has 106 valence electrons. The summed E-state index contributed by atoms with van der Waals surface area (Å²) in [6.45, 7) is 1.59. The fourth-order valence-corrected chi connectivity index (χ4v) is 2.26. The van der Waals surface area contributed by atoms with Crippen molar-refractivity contribution in [3.05, 3.63) is 16.6 Å². The molecule has 0 aliphatic rings. The van der Waals surface area contributed by atoms with Crippen LogP contribution in [0.15, 0.2) is 11.6 Å². The summed E-state index contributed by atoms with van der Waals surface area (Å²) < 4.78 is 0. The molecule has 4 N–H and O–H groups in total. The van der Waals surface area contributed by atoms with E-state index < -0.39 is 18.0 Å². The average Bonchev–Trinajstić information content (AvgIpc) is 2.89. The summed E-state index contributed by atoms with van der Waals surface area (Å²) in [5.74, 6) is -1.17. The van der Waals surface area contributed by atoms with E-state index in [4.69, 9.17) is 10.2 Å². The minimum atomic E-state index is -1.17. The van der Waals surface area contributed by atoms with E-state index in [1.54, 1.807) is 6.20 Å². The molecule has 2 atom stereocenters. The molecule has 0 aromatic carbocycles. The zero-order chi connectivity index (χ0) is 14.3. The van der Waals surface area contributed by atoms with Gasteiger partial charge in [0, 0.05) is 24.6 Å². The Labute approximate surface area is 114 Å². The Bertz CT molecular complexity index is 410. The van der Waals surface area contributed by atoms with Crippen molar-refractivity contribution in [2.24, 2.45) is 0 Å². The number of hydrogen-bond acceptors (Lipinski definition) is 5. The number of carboxylic acids is 1. The third kappa shape index (κ3) is 4.84. The van der Waals surface area contributed by atoms with Crippen molar-refractivity contribution in [3.63, 3.8) is 0 Å². The predicted molar refractivity (Wildman–Crippen MR) is 69.9 cm³/mol. The molecule has 2 amide bonds. The highest BCUT2D eigenvalue weighted by Gasteiger charge is 2.21. The van der Waals surface area contributed by atoms with Gasteiger partial charge < -0.3 is 20.8 Å². The molecular formula is C11H17N3O4S. The molecule has 0 saturated carbocycles. The molecule has 1 aromatic rings. The molecule has 0 saturated heterocycles. The third-order valence-corrected chi connectivity index (χ3v) is 3.37. The average molecular weight is 287 g/mol. The first-order valence-corrected chi connectivity index (χ1v) is 6.76. The van der Waals surface area contributed by atoms with Crippen LogP contribution in [0.2, 0.25) is 0 Å². The number of aliphatic carboxylic acids is 1. The Morgan fingerprint density at radius 2 is 2.21 bits per heavy atom. The quantitative estimate of drug-likeness (QED) is 0.590. The molecule has 8 heteroatoms. The van der Waals surface area contributed by atoms with Crippen LogP contribution in [0.5, 0.6) is 0 Å². The number of aliphatic hydroxyl groups excluding tert-OH is 1. The highest BCUT2D eigenvalue weighted by Crippen LogP contribution is 2.18. The topological polar surface area (TPSA) is 112 Å². The van der Waals surface area contributed by atoms with Gasteiger partial charge in [-0.3, -0.25) is 0 Å². The molecule has 0 aliphatic carbocycles. The van der Waals surface area contributed by atoms with Gasteiger partial charge in [-0.2, -0.15) is 0 Å². The summed E-state index contributed by atoms with van der Waals surface area (Å²) in [4.78, 5) is 26.7. The molecule has 19 heavy (non-hydrogen) atoms. The molecule has 0 bridgehead atoms. The first-order valence-electron chi connectivity index (χ1n) is 5.88. The molecule has 0 fully saturated rings. The van der Waals surface area contributed by atoms with Crippen LogP contribution in [0, 0.1) is 0 Å². The number of rotatable bonds is 7. The molecule has 7 nitrogen and oxygen atoms in total. The smallest absolute Gasteiger partial charge is 0.326 e. The normalized spacial score (nSPS) is 13.6. The van der Waals surface area contributed by atoms with E-state index in [2.05, 4.69) is 15.6 Å². The first kappa shape index (κ1) is 15.4. The Hall–Kier alpha value is -1.67. The number of amides is 2. The second kappa shape index (κ2) is 7.70. The largest absolute Gasteiger partial charge is 0.480 e. The van der Waals surface area contributed by atoms with E-state index in [0.717, 1.165) is 5.01 Å². The predicted octanol–water partition coefficient (Wildman–Crippen LogP) is 0.729. The summed E-state index contributed by atoms with van der Waals surface area (Å²) in [6.07, 6.45) is 2.27. The molecular weight excluding hydrogens is 270 g/mol. The Morgan fingerprint density at radius 1 is 1.47 bits per heavy atom. The van der Waals surface area contributed by atoms with E-state index in [9.17, 15) is 9.59 Å². The number of thiazole rings is 1. The minimum Gasteiger partial charge on any atom is -0.480 e. The van der Waals surface area contributed by atoms with Crippen molar-refractivity contribution in [3.8, 4) is 0 Å². The molecule has 0 aliphatic heterocycles. The Balaban J connectivity index is 2.55. The van der Waals surface area contributed by atoms with Gasteiger partial charge in [0.2, 0.25) is 0 Å². The van der Waals surface area contributed by atoms with Crippen LogP contribution in [0.3, 0.4) is 0 Å². The number of aliphatic hydroxyl groups is 1. The van der Waals surface area contributed by atoms with E-state index in [1.807, 2.05) is 12.3 Å². The van der Waals surface area contributed by atoms with Crippen LogP contribution < -0.4 is 10.6 Å². The summed E-state index contributed by atoms with van der Waals surface area (Å²) in [6, 6.07) is -1.93. The van der Waals surface area contributed by atoms with Crippen molar-refractivity contribution in [1.29, 1.82) is 0 Å². The molecule has 0 spiro atoms. The first-order chi connectivity index (χ1) is 9.08. The summed E-state index contributed by atoms with van der Waals surface area (Å²) >= 11 is 1.42. The number of carbonyl (C=O) groups excluding carboxylic acids is 1. The van der Waals surface area contributed by atoms with Gasteiger partial charge in [0.15, 0.2) is 0 Å². The fourth-order valence-electron chi connectivity index (χ4n) is 1.49. The molecule has 1 unspecified atom stereocenters. The number of aromatic nitrogens is 1. The van der Waals surface area contributed by atoms with Crippen molar-refractivity contribution in [2.75, 3.05) is 6.61 Å². The Morgan fingerprint density at radius 3 is 2.68 bits per heavy atom. The lowest BCUT2D eigenvalue weighted by Gasteiger charge is -2.18. The maximum Gasteiger partial charge on any atom is 0.326 e. The number of carbonyl (C=O) groups is 2. The highest BCUT2D eigenvalue weighted by atomic mass is 32.1. The van der Waals surface area contributed by atoms with E-state index in [1.165, 1.54) is 11.3 Å². The summed E-state index contributed by atoms with van der Waals surface area (Å²) in [7, 11) is 0. The van der Waals surface area contributed by atoms with Crippen LogP contribution in [-0.2, 0) is 4.79 Å². The minimum absolute atomic E-state index is 0.0310. The van der Waals surface area contributed by atoms with Gasteiger partial charge in [0.1, 0.15) is 11.0 Å². The maximum absolute atomic E-state index is 11.7. The van der Waals surface area contributed by atoms with Gasteiger partial charge in [0.25, 0.3) is 0 Å². The number of urea groups is 1. The SMILES string of the molecule is CCC(NC(=O)N[C@H](CCO)C(=O)O)c1nccs1. The number of nitrogens with zero attached hydrogens (tertiary/aromatic N) is 1. The zero-order valence-electron chi connectivity index (χ0n) is 10.5. The molecule has 1 rings (SSSR count). The number of hydrogen-bond donors (Lipinski definition) is 4. The van der Waals surface area contributed by atoms with Crippen LogP contribution in [-0.4, -0.2) is 39.8 Å². The molecule has 0 radical (unpaired) electrons. The van der Waals surface area contributed by atoms with Crippen LogP contribution in [0.4, 0.5) is 4.79 Å². The van der Waals surface area contributed by atoms with Crippen molar-refractivity contribution < 1.29 is 19.8 Å². The monoisotopic (exact) mass is 287 g/mol. The lowest BCUT2D eigenvalue weighted by Crippen LogP contribution is -2.47. The van der Waals surface area contributed by atoms with E-state index in [0.29, 0.717) is 6.42 Å². The van der Waals surface area contributed by atoms with Gasteiger partial charge in [-0.15, -0.1) is 11.3 Å². The third-order valence-electron chi connectivity index (χ3n) is 2.48. The van der Waals surface area contributed by atoms with Gasteiger partial charge >= 0.3 is 12.0 Å².